The van der Waals surface area contributed by atoms with Crippen molar-refractivity contribution in [1.82, 2.24) is 15.5 Å². The van der Waals surface area contributed by atoms with E-state index in [1.54, 1.807) is 12.1 Å². The van der Waals surface area contributed by atoms with Crippen LogP contribution in [0.5, 0.6) is 0 Å². The van der Waals surface area contributed by atoms with E-state index in [9.17, 15) is 18.0 Å². The Morgan fingerprint density at radius 3 is 2.32 bits per heavy atom. The van der Waals surface area contributed by atoms with Gasteiger partial charge in [-0.25, -0.2) is 0 Å². The molecule has 3 rings (SSSR count). The van der Waals surface area contributed by atoms with E-state index in [4.69, 9.17) is 9.52 Å². The number of hydrogen-bond donors (Lipinski definition) is 3. The number of hydrogen-bond acceptors (Lipinski definition) is 6. The van der Waals surface area contributed by atoms with Gasteiger partial charge in [0.2, 0.25) is 5.89 Å². The van der Waals surface area contributed by atoms with Crippen molar-refractivity contribution >= 4 is 11.7 Å². The van der Waals surface area contributed by atoms with E-state index in [0.29, 0.717) is 18.7 Å². The van der Waals surface area contributed by atoms with Crippen molar-refractivity contribution in [2.45, 2.75) is 45.5 Å². The van der Waals surface area contributed by atoms with Crippen LogP contribution in [0.1, 0.15) is 49.7 Å². The fraction of sp³-hybridized carbons (Fsp3) is 0.375. The fourth-order valence-corrected chi connectivity index (χ4v) is 3.40. The second kappa shape index (κ2) is 11.1. The highest BCUT2D eigenvalue weighted by Crippen LogP contribution is 2.32. The number of rotatable bonds is 11. The molecule has 182 valence electrons. The van der Waals surface area contributed by atoms with E-state index in [1.807, 2.05) is 36.4 Å². The minimum absolute atomic E-state index is 0.0213. The number of alkyl halides is 3. The maximum Gasteiger partial charge on any atom is 0.470 e. The largest absolute Gasteiger partial charge is 0.481 e. The van der Waals surface area contributed by atoms with Crippen molar-refractivity contribution in [2.24, 2.45) is 5.92 Å². The molecule has 0 spiro atoms. The van der Waals surface area contributed by atoms with Crippen molar-refractivity contribution in [3.63, 3.8) is 0 Å². The van der Waals surface area contributed by atoms with E-state index in [1.165, 1.54) is 0 Å². The fourth-order valence-electron chi connectivity index (χ4n) is 3.40. The summed E-state index contributed by atoms with van der Waals surface area (Å²) < 4.78 is 42.9. The van der Waals surface area contributed by atoms with E-state index >= 15 is 0 Å². The van der Waals surface area contributed by atoms with Crippen LogP contribution in [0.25, 0.3) is 11.5 Å². The Hall–Kier alpha value is -3.40. The van der Waals surface area contributed by atoms with E-state index in [-0.39, 0.29) is 24.3 Å². The number of carbonyl (C=O) groups is 1. The van der Waals surface area contributed by atoms with Crippen molar-refractivity contribution in [3.05, 3.63) is 65.5 Å². The Kier molecular flexibility index (Phi) is 8.27. The predicted molar refractivity (Wildman–Crippen MR) is 121 cm³/mol. The number of aromatic nitrogens is 2. The van der Waals surface area contributed by atoms with Crippen LogP contribution in [0, 0.1) is 5.92 Å². The standard InChI is InChI=1S/C24H27F3N4O3/c1-3-15(2)21(29-19-10-4-16(5-11-19)14-28-13-12-20(32)33)17-6-8-18(9-7-17)22-30-31-23(34-22)24(25,26)27/h4-11,15,21,28-29H,3,12-14H2,1-2H3,(H,32,33)/t15?,21-/m0/s1. The van der Waals surface area contributed by atoms with Crippen LogP contribution in [-0.2, 0) is 17.5 Å². The molecule has 7 nitrogen and oxygen atoms in total. The minimum atomic E-state index is -4.68. The Morgan fingerprint density at radius 2 is 1.76 bits per heavy atom. The summed E-state index contributed by atoms with van der Waals surface area (Å²) in [6.45, 7) is 5.20. The maximum atomic E-state index is 12.7. The lowest BCUT2D eigenvalue weighted by Crippen LogP contribution is -2.19. The second-order valence-electron chi connectivity index (χ2n) is 8.06. The van der Waals surface area contributed by atoms with Crippen molar-refractivity contribution < 1.29 is 27.5 Å². The summed E-state index contributed by atoms with van der Waals surface area (Å²) in [7, 11) is 0. The highest BCUT2D eigenvalue weighted by molar-refractivity contribution is 5.66. The Balaban J connectivity index is 1.69. The third kappa shape index (κ3) is 6.80. The van der Waals surface area contributed by atoms with Gasteiger partial charge in [0.1, 0.15) is 0 Å². The first kappa shape index (κ1) is 25.2. The molecule has 1 aromatic heterocycles. The highest BCUT2D eigenvalue weighted by atomic mass is 19.4. The lowest BCUT2D eigenvalue weighted by Gasteiger charge is -2.26. The molecule has 0 amide bonds. The number of nitrogens with one attached hydrogen (secondary N) is 2. The molecule has 3 aromatic rings. The molecule has 0 aliphatic heterocycles. The van der Waals surface area contributed by atoms with Gasteiger partial charge in [-0.2, -0.15) is 13.2 Å². The number of benzene rings is 2. The lowest BCUT2D eigenvalue weighted by molar-refractivity contribution is -0.157. The zero-order valence-electron chi connectivity index (χ0n) is 18.9. The molecule has 0 radical (unpaired) electrons. The summed E-state index contributed by atoms with van der Waals surface area (Å²) in [4.78, 5) is 10.6. The second-order valence-corrected chi connectivity index (χ2v) is 8.06. The number of aliphatic carboxylic acids is 1. The number of carboxylic acids is 1. The molecule has 0 saturated carbocycles. The molecule has 1 unspecified atom stereocenters. The van der Waals surface area contributed by atoms with Crippen LogP contribution >= 0.6 is 0 Å². The normalized spacial score (nSPS) is 13.4. The SMILES string of the molecule is CCC(C)[C@H](Nc1ccc(CNCCC(=O)O)cc1)c1ccc(-c2nnc(C(F)(F)F)o2)cc1. The van der Waals surface area contributed by atoms with Crippen LogP contribution in [0.3, 0.4) is 0 Å². The smallest absolute Gasteiger partial charge is 0.470 e. The van der Waals surface area contributed by atoms with Gasteiger partial charge in [-0.3, -0.25) is 4.79 Å². The van der Waals surface area contributed by atoms with Gasteiger partial charge in [-0.15, -0.1) is 10.2 Å². The topological polar surface area (TPSA) is 100 Å². The van der Waals surface area contributed by atoms with Gasteiger partial charge < -0.3 is 20.2 Å². The molecular formula is C24H27F3N4O3. The first-order chi connectivity index (χ1) is 16.2. The molecule has 1 heterocycles. The van der Waals surface area contributed by atoms with Gasteiger partial charge in [0.05, 0.1) is 12.5 Å². The first-order valence-electron chi connectivity index (χ1n) is 11.0. The summed E-state index contributed by atoms with van der Waals surface area (Å²) in [5.41, 5.74) is 3.36. The first-order valence-corrected chi connectivity index (χ1v) is 11.0. The van der Waals surface area contributed by atoms with Crippen LogP contribution in [0.2, 0.25) is 0 Å². The molecule has 0 aliphatic rings. The molecule has 10 heteroatoms. The van der Waals surface area contributed by atoms with Crippen LogP contribution < -0.4 is 10.6 Å². The molecule has 0 bridgehead atoms. The van der Waals surface area contributed by atoms with Gasteiger partial charge in [0, 0.05) is 24.3 Å². The highest BCUT2D eigenvalue weighted by Gasteiger charge is 2.38. The predicted octanol–water partition coefficient (Wildman–Crippen LogP) is 5.52. The molecule has 34 heavy (non-hydrogen) atoms. The zero-order valence-corrected chi connectivity index (χ0v) is 18.9. The van der Waals surface area contributed by atoms with Crippen LogP contribution in [0.15, 0.2) is 52.9 Å². The monoisotopic (exact) mass is 476 g/mol. The van der Waals surface area contributed by atoms with E-state index in [2.05, 4.69) is 34.7 Å². The van der Waals surface area contributed by atoms with Gasteiger partial charge >= 0.3 is 18.0 Å². The number of carboxylic acid groups (broad SMARTS) is 1. The average molecular weight is 476 g/mol. The number of halogens is 3. The molecule has 3 N–H and O–H groups in total. The lowest BCUT2D eigenvalue weighted by atomic mass is 9.91. The van der Waals surface area contributed by atoms with Crippen molar-refractivity contribution in [2.75, 3.05) is 11.9 Å². The van der Waals surface area contributed by atoms with Crippen LogP contribution in [0.4, 0.5) is 18.9 Å². The molecular weight excluding hydrogens is 449 g/mol. The number of anilines is 1. The zero-order chi connectivity index (χ0) is 24.7. The van der Waals surface area contributed by atoms with E-state index < -0.39 is 18.0 Å². The van der Waals surface area contributed by atoms with Crippen molar-refractivity contribution in [3.8, 4) is 11.5 Å². The maximum absolute atomic E-state index is 12.7. The third-order valence-electron chi connectivity index (χ3n) is 5.52. The Morgan fingerprint density at radius 1 is 1.09 bits per heavy atom. The van der Waals surface area contributed by atoms with Gasteiger partial charge in [0.15, 0.2) is 0 Å². The summed E-state index contributed by atoms with van der Waals surface area (Å²) in [6, 6.07) is 14.9. The molecule has 0 fully saturated rings. The summed E-state index contributed by atoms with van der Waals surface area (Å²) >= 11 is 0. The minimum Gasteiger partial charge on any atom is -0.481 e. The Labute approximate surface area is 195 Å². The molecule has 2 atom stereocenters. The summed E-state index contributed by atoms with van der Waals surface area (Å²) in [6.07, 6.45) is -3.69. The molecule has 0 aliphatic carbocycles. The van der Waals surface area contributed by atoms with Gasteiger partial charge in [-0.05, 0) is 41.3 Å². The third-order valence-corrected chi connectivity index (χ3v) is 5.52. The van der Waals surface area contributed by atoms with E-state index in [0.717, 1.165) is 23.2 Å². The average Bonchev–Trinajstić information content (AvgIpc) is 3.32. The van der Waals surface area contributed by atoms with Crippen molar-refractivity contribution in [1.29, 1.82) is 0 Å². The number of nitrogens with zero attached hydrogens (tertiary/aromatic N) is 2. The van der Waals surface area contributed by atoms with Gasteiger partial charge in [0.25, 0.3) is 0 Å². The summed E-state index contributed by atoms with van der Waals surface area (Å²) in [5.74, 6) is -2.10. The summed E-state index contributed by atoms with van der Waals surface area (Å²) in [5, 5.41) is 21.9. The molecule has 0 saturated heterocycles. The van der Waals surface area contributed by atoms with Crippen LogP contribution in [-0.4, -0.2) is 27.8 Å². The Bertz CT molecular complexity index is 1070. The van der Waals surface area contributed by atoms with Gasteiger partial charge in [-0.1, -0.05) is 44.5 Å². The molecule has 2 aromatic carbocycles. The quantitative estimate of drug-likeness (QED) is 0.313.